The maximum Gasteiger partial charge on any atom is 0.125 e. The number of aliphatic hydroxyl groups excluding tert-OH is 1. The fraction of sp³-hybridized carbons (Fsp3) is 0.357. The number of ether oxygens (including phenoxy) is 1. The average molecular weight is 281 g/mol. The molecule has 102 valence electrons. The lowest BCUT2D eigenvalue weighted by molar-refractivity contribution is 0.190. The molecule has 1 atom stereocenters. The zero-order valence-electron chi connectivity index (χ0n) is 10.8. The van der Waals surface area contributed by atoms with Crippen molar-refractivity contribution < 1.29 is 9.84 Å². The number of rotatable bonds is 6. The highest BCUT2D eigenvalue weighted by atomic mass is 35.5. The predicted molar refractivity (Wildman–Crippen MR) is 74.4 cm³/mol. The zero-order chi connectivity index (χ0) is 13.7. The van der Waals surface area contributed by atoms with Crippen LogP contribution >= 0.6 is 11.6 Å². The van der Waals surface area contributed by atoms with Gasteiger partial charge in [0.15, 0.2) is 0 Å². The van der Waals surface area contributed by atoms with Gasteiger partial charge in [0, 0.05) is 29.5 Å². The molecule has 2 aromatic rings. The van der Waals surface area contributed by atoms with Crippen LogP contribution in [-0.4, -0.2) is 21.3 Å². The van der Waals surface area contributed by atoms with Gasteiger partial charge >= 0.3 is 0 Å². The fourth-order valence-electron chi connectivity index (χ4n) is 1.83. The Morgan fingerprint density at radius 1 is 1.47 bits per heavy atom. The maximum absolute atomic E-state index is 9.68. The van der Waals surface area contributed by atoms with E-state index in [9.17, 15) is 5.11 Å². The summed E-state index contributed by atoms with van der Waals surface area (Å²) in [7, 11) is 0. The van der Waals surface area contributed by atoms with Crippen LogP contribution in [0, 0.1) is 0 Å². The normalized spacial score (nSPS) is 12.4. The summed E-state index contributed by atoms with van der Waals surface area (Å²) >= 11 is 5.91. The van der Waals surface area contributed by atoms with E-state index in [-0.39, 0.29) is 0 Å². The minimum absolute atomic E-state index is 0.583. The summed E-state index contributed by atoms with van der Waals surface area (Å²) in [5, 5.41) is 10.3. The summed E-state index contributed by atoms with van der Waals surface area (Å²) < 4.78 is 7.70. The molecule has 1 aromatic heterocycles. The van der Waals surface area contributed by atoms with Gasteiger partial charge in [-0.3, -0.25) is 0 Å². The van der Waals surface area contributed by atoms with Crippen LogP contribution in [0.15, 0.2) is 36.9 Å². The number of halogens is 1. The Morgan fingerprint density at radius 3 is 3.00 bits per heavy atom. The van der Waals surface area contributed by atoms with Crippen LogP contribution < -0.4 is 4.74 Å². The monoisotopic (exact) mass is 280 g/mol. The summed E-state index contributed by atoms with van der Waals surface area (Å²) in [6.45, 7) is 3.14. The lowest BCUT2D eigenvalue weighted by Gasteiger charge is -2.14. The second-order valence-corrected chi connectivity index (χ2v) is 4.80. The van der Waals surface area contributed by atoms with Crippen molar-refractivity contribution in [3.05, 3.63) is 47.5 Å². The van der Waals surface area contributed by atoms with Gasteiger partial charge in [0.25, 0.3) is 0 Å². The Balaban J connectivity index is 1.88. The number of nitrogens with zero attached hydrogens (tertiary/aromatic N) is 2. The summed E-state index contributed by atoms with van der Waals surface area (Å²) in [6.07, 6.45) is 5.74. The van der Waals surface area contributed by atoms with Gasteiger partial charge in [-0.2, -0.15) is 0 Å². The Bertz CT molecular complexity index is 512. The van der Waals surface area contributed by atoms with Gasteiger partial charge in [0.05, 0.1) is 19.0 Å². The van der Waals surface area contributed by atoms with Crippen LogP contribution in [-0.2, 0) is 6.54 Å². The first-order chi connectivity index (χ1) is 9.16. The van der Waals surface area contributed by atoms with Gasteiger partial charge in [-0.25, -0.2) is 4.98 Å². The Hall–Kier alpha value is -1.52. The van der Waals surface area contributed by atoms with E-state index < -0.39 is 6.10 Å². The molecule has 0 bridgehead atoms. The first-order valence-corrected chi connectivity index (χ1v) is 6.60. The molecule has 0 fully saturated rings. The smallest absolute Gasteiger partial charge is 0.125 e. The Kier molecular flexibility index (Phi) is 4.82. The topological polar surface area (TPSA) is 47.3 Å². The van der Waals surface area contributed by atoms with Crippen LogP contribution in [0.2, 0.25) is 5.02 Å². The van der Waals surface area contributed by atoms with Gasteiger partial charge in [-0.1, -0.05) is 11.6 Å². The molecule has 0 aliphatic rings. The summed E-state index contributed by atoms with van der Waals surface area (Å²) in [4.78, 5) is 3.98. The van der Waals surface area contributed by atoms with E-state index in [0.717, 1.165) is 18.5 Å². The summed E-state index contributed by atoms with van der Waals surface area (Å²) in [5.74, 6) is 0.685. The van der Waals surface area contributed by atoms with Gasteiger partial charge in [-0.15, -0.1) is 0 Å². The molecule has 5 heteroatoms. The number of aryl methyl sites for hydroxylation is 1. The van der Waals surface area contributed by atoms with Crippen molar-refractivity contribution in [1.29, 1.82) is 0 Å². The van der Waals surface area contributed by atoms with Crippen molar-refractivity contribution >= 4 is 11.6 Å². The Labute approximate surface area is 117 Å². The number of hydrogen-bond acceptors (Lipinski definition) is 3. The first kappa shape index (κ1) is 13.9. The van der Waals surface area contributed by atoms with E-state index in [0.29, 0.717) is 17.4 Å². The third-order valence-electron chi connectivity index (χ3n) is 2.80. The molecule has 2 rings (SSSR count). The number of hydrogen-bond donors (Lipinski definition) is 1. The van der Waals surface area contributed by atoms with E-state index in [1.54, 1.807) is 37.6 Å². The molecule has 1 aromatic carbocycles. The molecule has 0 aliphatic heterocycles. The SMILES string of the molecule is CC(O)c1cc(Cl)ccc1OCCCn1ccnc1. The number of aliphatic hydroxyl groups is 1. The van der Waals surface area contributed by atoms with E-state index in [4.69, 9.17) is 16.3 Å². The van der Waals surface area contributed by atoms with Crippen LogP contribution in [0.25, 0.3) is 0 Å². The highest BCUT2D eigenvalue weighted by molar-refractivity contribution is 6.30. The molecule has 4 nitrogen and oxygen atoms in total. The van der Waals surface area contributed by atoms with Crippen molar-refractivity contribution in [2.24, 2.45) is 0 Å². The number of imidazole rings is 1. The van der Waals surface area contributed by atoms with Crippen LogP contribution in [0.4, 0.5) is 0 Å². The molecule has 0 saturated heterocycles. The van der Waals surface area contributed by atoms with E-state index in [2.05, 4.69) is 4.98 Å². The molecule has 0 spiro atoms. The van der Waals surface area contributed by atoms with Crippen molar-refractivity contribution in [2.45, 2.75) is 26.0 Å². The molecule has 19 heavy (non-hydrogen) atoms. The molecule has 0 amide bonds. The maximum atomic E-state index is 9.68. The standard InChI is InChI=1S/C14H17ClN2O2/c1-11(18)13-9-12(15)3-4-14(13)19-8-2-6-17-7-5-16-10-17/h3-5,7,9-11,18H,2,6,8H2,1H3. The highest BCUT2D eigenvalue weighted by Crippen LogP contribution is 2.28. The minimum Gasteiger partial charge on any atom is -0.493 e. The average Bonchev–Trinajstić information content (AvgIpc) is 2.89. The molecule has 1 N–H and O–H groups in total. The molecule has 0 saturated carbocycles. The first-order valence-electron chi connectivity index (χ1n) is 6.23. The number of aromatic nitrogens is 2. The van der Waals surface area contributed by atoms with Crippen LogP contribution in [0.1, 0.15) is 25.0 Å². The van der Waals surface area contributed by atoms with Gasteiger partial charge in [0.1, 0.15) is 5.75 Å². The zero-order valence-corrected chi connectivity index (χ0v) is 11.5. The molecular formula is C14H17ClN2O2. The lowest BCUT2D eigenvalue weighted by atomic mass is 10.1. The Morgan fingerprint density at radius 2 is 2.32 bits per heavy atom. The van der Waals surface area contributed by atoms with E-state index in [1.165, 1.54) is 0 Å². The third kappa shape index (κ3) is 3.98. The van der Waals surface area contributed by atoms with Gasteiger partial charge in [0.2, 0.25) is 0 Å². The van der Waals surface area contributed by atoms with Gasteiger partial charge in [-0.05, 0) is 31.5 Å². The fourth-order valence-corrected chi connectivity index (χ4v) is 2.01. The van der Waals surface area contributed by atoms with Crippen LogP contribution in [0.3, 0.4) is 0 Å². The molecule has 0 aliphatic carbocycles. The number of benzene rings is 1. The second-order valence-electron chi connectivity index (χ2n) is 4.36. The second kappa shape index (κ2) is 6.59. The summed E-state index contributed by atoms with van der Waals surface area (Å²) in [5.41, 5.74) is 0.718. The molecule has 1 heterocycles. The third-order valence-corrected chi connectivity index (χ3v) is 3.03. The van der Waals surface area contributed by atoms with Crippen molar-refractivity contribution in [3.63, 3.8) is 0 Å². The highest BCUT2D eigenvalue weighted by Gasteiger charge is 2.09. The van der Waals surface area contributed by atoms with E-state index in [1.807, 2.05) is 10.8 Å². The van der Waals surface area contributed by atoms with Gasteiger partial charge < -0.3 is 14.4 Å². The van der Waals surface area contributed by atoms with Crippen molar-refractivity contribution in [2.75, 3.05) is 6.61 Å². The van der Waals surface area contributed by atoms with Crippen molar-refractivity contribution in [1.82, 2.24) is 9.55 Å². The van der Waals surface area contributed by atoms with Crippen LogP contribution in [0.5, 0.6) is 5.75 Å². The molecule has 1 unspecified atom stereocenters. The van der Waals surface area contributed by atoms with E-state index >= 15 is 0 Å². The quantitative estimate of drug-likeness (QED) is 0.827. The molecular weight excluding hydrogens is 264 g/mol. The molecule has 0 radical (unpaired) electrons. The summed E-state index contributed by atoms with van der Waals surface area (Å²) in [6, 6.07) is 5.29. The van der Waals surface area contributed by atoms with Crippen molar-refractivity contribution in [3.8, 4) is 5.75 Å². The largest absolute Gasteiger partial charge is 0.493 e. The lowest BCUT2D eigenvalue weighted by Crippen LogP contribution is -2.05. The predicted octanol–water partition coefficient (Wildman–Crippen LogP) is 3.06. The minimum atomic E-state index is -0.595.